The second kappa shape index (κ2) is 3.92. The number of nitrogens with zero attached hydrogens (tertiary/aromatic N) is 2. The number of nitrogen functional groups attached to an aromatic ring is 1. The second-order valence-electron chi connectivity index (χ2n) is 4.01. The van der Waals surface area contributed by atoms with Crippen molar-refractivity contribution in [2.24, 2.45) is 0 Å². The van der Waals surface area contributed by atoms with Crippen molar-refractivity contribution in [2.45, 2.75) is 32.7 Å². The normalized spacial score (nSPS) is 11.5. The van der Waals surface area contributed by atoms with E-state index in [2.05, 4.69) is 16.6 Å². The molecule has 0 aliphatic rings. The summed E-state index contributed by atoms with van der Waals surface area (Å²) >= 11 is 0. The number of aromatic nitrogens is 2. The quantitative estimate of drug-likeness (QED) is 0.767. The SMILES string of the molecule is CCC(C)(C)n1cnc(C(=O)OC)c1N. The molecule has 0 bridgehead atoms. The molecule has 1 aromatic rings. The van der Waals surface area contributed by atoms with Gasteiger partial charge in [-0.05, 0) is 20.3 Å². The monoisotopic (exact) mass is 211 g/mol. The predicted molar refractivity (Wildman–Crippen MR) is 57.6 cm³/mol. The molecule has 84 valence electrons. The maximum atomic E-state index is 11.3. The number of hydrogen-bond acceptors (Lipinski definition) is 4. The largest absolute Gasteiger partial charge is 0.464 e. The number of hydrogen-bond donors (Lipinski definition) is 1. The van der Waals surface area contributed by atoms with Crippen LogP contribution in [0.4, 0.5) is 5.82 Å². The van der Waals surface area contributed by atoms with Gasteiger partial charge < -0.3 is 15.0 Å². The standard InChI is InChI=1S/C10H17N3O2/c1-5-10(2,3)13-6-12-7(8(13)11)9(14)15-4/h6H,5,11H2,1-4H3. The minimum absolute atomic E-state index is 0.149. The number of rotatable bonds is 3. The van der Waals surface area contributed by atoms with Gasteiger partial charge in [0.25, 0.3) is 0 Å². The van der Waals surface area contributed by atoms with E-state index in [4.69, 9.17) is 5.73 Å². The molecular weight excluding hydrogens is 194 g/mol. The van der Waals surface area contributed by atoms with E-state index in [1.54, 1.807) is 10.9 Å². The summed E-state index contributed by atoms with van der Waals surface area (Å²) in [6, 6.07) is 0. The van der Waals surface area contributed by atoms with E-state index < -0.39 is 5.97 Å². The van der Waals surface area contributed by atoms with Gasteiger partial charge in [0.2, 0.25) is 0 Å². The Hall–Kier alpha value is -1.52. The molecule has 0 spiro atoms. The topological polar surface area (TPSA) is 70.1 Å². The van der Waals surface area contributed by atoms with Crippen LogP contribution in [0.25, 0.3) is 0 Å². The molecule has 0 saturated heterocycles. The number of imidazole rings is 1. The number of nitrogens with two attached hydrogens (primary N) is 1. The molecule has 15 heavy (non-hydrogen) atoms. The van der Waals surface area contributed by atoms with Gasteiger partial charge in [0.1, 0.15) is 5.82 Å². The summed E-state index contributed by atoms with van der Waals surface area (Å²) in [7, 11) is 1.31. The average molecular weight is 211 g/mol. The van der Waals surface area contributed by atoms with Crippen LogP contribution in [-0.4, -0.2) is 22.6 Å². The fraction of sp³-hybridized carbons (Fsp3) is 0.600. The maximum absolute atomic E-state index is 11.3. The minimum Gasteiger partial charge on any atom is -0.464 e. The maximum Gasteiger partial charge on any atom is 0.360 e. The number of anilines is 1. The van der Waals surface area contributed by atoms with E-state index in [1.807, 2.05) is 13.8 Å². The Bertz CT molecular complexity index is 369. The molecule has 5 heteroatoms. The second-order valence-corrected chi connectivity index (χ2v) is 4.01. The first-order valence-corrected chi connectivity index (χ1v) is 4.85. The summed E-state index contributed by atoms with van der Waals surface area (Å²) in [5.74, 6) is -0.146. The predicted octanol–water partition coefficient (Wildman–Crippen LogP) is 1.40. The molecular formula is C10H17N3O2. The molecule has 0 amide bonds. The van der Waals surface area contributed by atoms with E-state index in [9.17, 15) is 4.79 Å². The summed E-state index contributed by atoms with van der Waals surface area (Å²) in [6.07, 6.45) is 2.47. The van der Waals surface area contributed by atoms with Gasteiger partial charge in [-0.3, -0.25) is 0 Å². The number of carbonyl (C=O) groups excluding carboxylic acids is 1. The Labute approximate surface area is 89.2 Å². The highest BCUT2D eigenvalue weighted by molar-refractivity contribution is 5.92. The minimum atomic E-state index is -0.502. The molecule has 0 saturated carbocycles. The first-order valence-electron chi connectivity index (χ1n) is 4.85. The highest BCUT2D eigenvalue weighted by atomic mass is 16.5. The van der Waals surface area contributed by atoms with Crippen molar-refractivity contribution in [3.63, 3.8) is 0 Å². The van der Waals surface area contributed by atoms with Crippen LogP contribution in [0.15, 0.2) is 6.33 Å². The molecule has 1 heterocycles. The summed E-state index contributed by atoms with van der Waals surface area (Å²) in [4.78, 5) is 15.2. The third-order valence-corrected chi connectivity index (χ3v) is 2.70. The van der Waals surface area contributed by atoms with E-state index >= 15 is 0 Å². The lowest BCUT2D eigenvalue weighted by molar-refractivity contribution is 0.0596. The zero-order valence-corrected chi connectivity index (χ0v) is 9.57. The summed E-state index contributed by atoms with van der Waals surface area (Å²) in [5.41, 5.74) is 5.87. The van der Waals surface area contributed by atoms with Gasteiger partial charge in [0, 0.05) is 5.54 Å². The summed E-state index contributed by atoms with van der Waals surface area (Å²) in [5, 5.41) is 0. The van der Waals surface area contributed by atoms with Crippen LogP contribution in [0.3, 0.4) is 0 Å². The van der Waals surface area contributed by atoms with Crippen molar-refractivity contribution in [1.82, 2.24) is 9.55 Å². The van der Waals surface area contributed by atoms with Crippen molar-refractivity contribution in [3.8, 4) is 0 Å². The van der Waals surface area contributed by atoms with Crippen molar-refractivity contribution in [2.75, 3.05) is 12.8 Å². The van der Waals surface area contributed by atoms with Gasteiger partial charge in [0.15, 0.2) is 5.69 Å². The molecule has 0 radical (unpaired) electrons. The molecule has 1 aromatic heterocycles. The van der Waals surface area contributed by atoms with Crippen LogP contribution in [0.5, 0.6) is 0 Å². The van der Waals surface area contributed by atoms with Crippen LogP contribution in [0, 0.1) is 0 Å². The first kappa shape index (κ1) is 11.6. The van der Waals surface area contributed by atoms with Gasteiger partial charge >= 0.3 is 5.97 Å². The molecule has 0 aliphatic heterocycles. The summed E-state index contributed by atoms with van der Waals surface area (Å²) in [6.45, 7) is 6.12. The number of ether oxygens (including phenoxy) is 1. The highest BCUT2D eigenvalue weighted by Gasteiger charge is 2.24. The van der Waals surface area contributed by atoms with Crippen molar-refractivity contribution in [1.29, 1.82) is 0 Å². The fourth-order valence-corrected chi connectivity index (χ4v) is 1.26. The van der Waals surface area contributed by atoms with Crippen LogP contribution in [0.1, 0.15) is 37.7 Å². The first-order chi connectivity index (χ1) is 6.94. The van der Waals surface area contributed by atoms with Crippen LogP contribution in [-0.2, 0) is 10.3 Å². The van der Waals surface area contributed by atoms with E-state index in [0.29, 0.717) is 5.82 Å². The van der Waals surface area contributed by atoms with Gasteiger partial charge in [0.05, 0.1) is 13.4 Å². The number of methoxy groups -OCH3 is 1. The van der Waals surface area contributed by atoms with Crippen molar-refractivity contribution < 1.29 is 9.53 Å². The van der Waals surface area contributed by atoms with E-state index in [1.165, 1.54) is 7.11 Å². The Balaban J connectivity index is 3.15. The van der Waals surface area contributed by atoms with Crippen LogP contribution < -0.4 is 5.73 Å². The van der Waals surface area contributed by atoms with Crippen molar-refractivity contribution in [3.05, 3.63) is 12.0 Å². The summed E-state index contributed by atoms with van der Waals surface area (Å²) < 4.78 is 6.37. The highest BCUT2D eigenvalue weighted by Crippen LogP contribution is 2.24. The van der Waals surface area contributed by atoms with Crippen molar-refractivity contribution >= 4 is 11.8 Å². The van der Waals surface area contributed by atoms with Gasteiger partial charge in [-0.2, -0.15) is 0 Å². The molecule has 0 aromatic carbocycles. The molecule has 5 nitrogen and oxygen atoms in total. The molecule has 2 N–H and O–H groups in total. The number of carbonyl (C=O) groups is 1. The third-order valence-electron chi connectivity index (χ3n) is 2.70. The lowest BCUT2D eigenvalue weighted by Crippen LogP contribution is -2.26. The van der Waals surface area contributed by atoms with Gasteiger partial charge in [-0.25, -0.2) is 9.78 Å². The van der Waals surface area contributed by atoms with Crippen LogP contribution in [0.2, 0.25) is 0 Å². The third kappa shape index (κ3) is 1.95. The van der Waals surface area contributed by atoms with E-state index in [0.717, 1.165) is 6.42 Å². The molecule has 0 fully saturated rings. The van der Waals surface area contributed by atoms with Gasteiger partial charge in [-0.1, -0.05) is 6.92 Å². The zero-order chi connectivity index (χ0) is 11.6. The molecule has 0 atom stereocenters. The number of esters is 1. The Morgan fingerprint density at radius 2 is 2.27 bits per heavy atom. The average Bonchev–Trinajstić information content (AvgIpc) is 2.59. The zero-order valence-electron chi connectivity index (χ0n) is 9.57. The smallest absolute Gasteiger partial charge is 0.360 e. The van der Waals surface area contributed by atoms with Crippen LogP contribution >= 0.6 is 0 Å². The lowest BCUT2D eigenvalue weighted by atomic mass is 10.0. The fourth-order valence-electron chi connectivity index (χ4n) is 1.26. The Kier molecular flexibility index (Phi) is 3.02. The molecule has 0 aliphatic carbocycles. The van der Waals surface area contributed by atoms with Gasteiger partial charge in [-0.15, -0.1) is 0 Å². The van der Waals surface area contributed by atoms with E-state index in [-0.39, 0.29) is 11.2 Å². The molecule has 0 unspecified atom stereocenters. The Morgan fingerprint density at radius 3 is 2.73 bits per heavy atom. The Morgan fingerprint density at radius 1 is 1.67 bits per heavy atom. The lowest BCUT2D eigenvalue weighted by Gasteiger charge is -2.25. The molecule has 1 rings (SSSR count).